The van der Waals surface area contributed by atoms with Gasteiger partial charge in [-0.15, -0.1) is 0 Å². The fraction of sp³-hybridized carbons (Fsp3) is 0.600. The molecule has 1 aliphatic carbocycles. The Balaban J connectivity index is 1.63. The zero-order valence-electron chi connectivity index (χ0n) is 14.9. The molecule has 0 radical (unpaired) electrons. The SMILES string of the molecule is Cc1cccc(C(=O)N2CCCC(C(=O)NC3CCCCC3)C2)c1I. The minimum atomic E-state index is -0.0675. The maximum atomic E-state index is 12.9. The topological polar surface area (TPSA) is 49.4 Å². The number of benzene rings is 1. The first-order valence-corrected chi connectivity index (χ1v) is 10.5. The van der Waals surface area contributed by atoms with E-state index in [1.165, 1.54) is 19.3 Å². The van der Waals surface area contributed by atoms with E-state index in [9.17, 15) is 9.59 Å². The van der Waals surface area contributed by atoms with Gasteiger partial charge in [0.2, 0.25) is 5.91 Å². The van der Waals surface area contributed by atoms with Crippen LogP contribution in [0.1, 0.15) is 60.9 Å². The highest BCUT2D eigenvalue weighted by molar-refractivity contribution is 14.1. The number of hydrogen-bond acceptors (Lipinski definition) is 2. The summed E-state index contributed by atoms with van der Waals surface area (Å²) >= 11 is 2.24. The smallest absolute Gasteiger partial charge is 0.254 e. The Kier molecular flexibility index (Phi) is 6.36. The van der Waals surface area contributed by atoms with Crippen LogP contribution in [0.2, 0.25) is 0 Å². The first-order valence-electron chi connectivity index (χ1n) is 9.41. The van der Waals surface area contributed by atoms with Crippen LogP contribution in [0.25, 0.3) is 0 Å². The molecule has 5 heteroatoms. The average molecular weight is 454 g/mol. The molecule has 1 aromatic carbocycles. The molecule has 1 N–H and O–H groups in total. The Morgan fingerprint density at radius 3 is 2.64 bits per heavy atom. The minimum Gasteiger partial charge on any atom is -0.353 e. The lowest BCUT2D eigenvalue weighted by Crippen LogP contribution is -2.48. The van der Waals surface area contributed by atoms with Crippen molar-refractivity contribution >= 4 is 34.4 Å². The van der Waals surface area contributed by atoms with Crippen LogP contribution >= 0.6 is 22.6 Å². The number of aryl methyl sites for hydroxylation is 1. The number of nitrogens with one attached hydrogen (secondary N) is 1. The van der Waals surface area contributed by atoms with E-state index in [1.807, 2.05) is 30.0 Å². The van der Waals surface area contributed by atoms with Crippen LogP contribution < -0.4 is 5.32 Å². The molecular formula is C20H27IN2O2. The lowest BCUT2D eigenvalue weighted by molar-refractivity contribution is -0.127. The number of rotatable bonds is 3. The molecule has 1 aromatic rings. The summed E-state index contributed by atoms with van der Waals surface area (Å²) in [5.74, 6) is 0.133. The van der Waals surface area contributed by atoms with E-state index < -0.39 is 0 Å². The van der Waals surface area contributed by atoms with Gasteiger partial charge in [-0.05, 0) is 66.8 Å². The second-order valence-corrected chi connectivity index (χ2v) is 8.45. The fourth-order valence-electron chi connectivity index (χ4n) is 3.92. The molecule has 4 nitrogen and oxygen atoms in total. The summed E-state index contributed by atoms with van der Waals surface area (Å²) in [6, 6.07) is 6.19. The van der Waals surface area contributed by atoms with Crippen molar-refractivity contribution in [3.05, 3.63) is 32.9 Å². The number of hydrogen-bond donors (Lipinski definition) is 1. The van der Waals surface area contributed by atoms with Crippen LogP contribution in [0, 0.1) is 16.4 Å². The van der Waals surface area contributed by atoms with Crippen LogP contribution in [0.4, 0.5) is 0 Å². The summed E-state index contributed by atoms with van der Waals surface area (Å²) in [5.41, 5.74) is 1.88. The van der Waals surface area contributed by atoms with Crippen molar-refractivity contribution in [3.8, 4) is 0 Å². The molecule has 3 rings (SSSR count). The van der Waals surface area contributed by atoms with Crippen molar-refractivity contribution < 1.29 is 9.59 Å². The first kappa shape index (κ1) is 18.7. The quantitative estimate of drug-likeness (QED) is 0.705. The highest BCUT2D eigenvalue weighted by atomic mass is 127. The maximum absolute atomic E-state index is 12.9. The van der Waals surface area contributed by atoms with Gasteiger partial charge in [-0.1, -0.05) is 31.4 Å². The third kappa shape index (κ3) is 4.54. The average Bonchev–Trinajstić information content (AvgIpc) is 2.64. The number of likely N-dealkylation sites (tertiary alicyclic amines) is 1. The van der Waals surface area contributed by atoms with Gasteiger partial charge in [-0.3, -0.25) is 9.59 Å². The number of nitrogens with zero attached hydrogens (tertiary/aromatic N) is 1. The van der Waals surface area contributed by atoms with Crippen molar-refractivity contribution in [2.24, 2.45) is 5.92 Å². The van der Waals surface area contributed by atoms with Crippen molar-refractivity contribution in [2.45, 2.75) is 57.9 Å². The fourth-order valence-corrected chi connectivity index (χ4v) is 4.51. The van der Waals surface area contributed by atoms with Gasteiger partial charge >= 0.3 is 0 Å². The Morgan fingerprint density at radius 2 is 1.88 bits per heavy atom. The molecule has 25 heavy (non-hydrogen) atoms. The number of halogens is 1. The van der Waals surface area contributed by atoms with Crippen LogP contribution in [0.3, 0.4) is 0 Å². The van der Waals surface area contributed by atoms with Gasteiger partial charge in [0.15, 0.2) is 0 Å². The summed E-state index contributed by atoms with van der Waals surface area (Å²) in [4.78, 5) is 27.4. The Hall–Kier alpha value is -1.11. The summed E-state index contributed by atoms with van der Waals surface area (Å²) < 4.78 is 1.01. The van der Waals surface area contributed by atoms with Gasteiger partial charge in [0.05, 0.1) is 11.5 Å². The Bertz CT molecular complexity index is 641. The molecule has 1 aliphatic heterocycles. The van der Waals surface area contributed by atoms with E-state index in [2.05, 4.69) is 27.9 Å². The molecule has 2 fully saturated rings. The van der Waals surface area contributed by atoms with Crippen LogP contribution in [0.5, 0.6) is 0 Å². The summed E-state index contributed by atoms with van der Waals surface area (Å²) in [6.45, 7) is 3.31. The van der Waals surface area contributed by atoms with E-state index in [4.69, 9.17) is 0 Å². The van der Waals surface area contributed by atoms with Gasteiger partial charge in [0, 0.05) is 22.7 Å². The van der Waals surface area contributed by atoms with Crippen LogP contribution in [0.15, 0.2) is 18.2 Å². The second kappa shape index (κ2) is 8.52. The van der Waals surface area contributed by atoms with E-state index in [1.54, 1.807) is 0 Å². The van der Waals surface area contributed by atoms with Gasteiger partial charge < -0.3 is 10.2 Å². The number of piperidine rings is 1. The Labute approximate surface area is 163 Å². The minimum absolute atomic E-state index is 0.0586. The van der Waals surface area contributed by atoms with E-state index in [0.717, 1.165) is 46.9 Å². The summed E-state index contributed by atoms with van der Waals surface area (Å²) in [5, 5.41) is 3.23. The molecular weight excluding hydrogens is 427 g/mol. The molecule has 2 amide bonds. The third-order valence-electron chi connectivity index (χ3n) is 5.45. The summed E-state index contributed by atoms with van der Waals surface area (Å²) in [6.07, 6.45) is 7.70. The molecule has 0 spiro atoms. The monoisotopic (exact) mass is 454 g/mol. The normalized spacial score (nSPS) is 21.8. The molecule has 0 bridgehead atoms. The van der Waals surface area contributed by atoms with Crippen molar-refractivity contribution in [1.82, 2.24) is 10.2 Å². The highest BCUT2D eigenvalue weighted by Gasteiger charge is 2.30. The van der Waals surface area contributed by atoms with Gasteiger partial charge in [0.25, 0.3) is 5.91 Å². The van der Waals surface area contributed by atoms with Gasteiger partial charge in [-0.2, -0.15) is 0 Å². The van der Waals surface area contributed by atoms with Crippen LogP contribution in [-0.2, 0) is 4.79 Å². The first-order chi connectivity index (χ1) is 12.1. The number of carbonyl (C=O) groups is 2. The third-order valence-corrected chi connectivity index (χ3v) is 6.89. The zero-order valence-corrected chi connectivity index (χ0v) is 17.0. The highest BCUT2D eigenvalue weighted by Crippen LogP contribution is 2.24. The molecule has 0 aromatic heterocycles. The molecule has 1 heterocycles. The van der Waals surface area contributed by atoms with Crippen molar-refractivity contribution in [2.75, 3.05) is 13.1 Å². The maximum Gasteiger partial charge on any atom is 0.254 e. The predicted molar refractivity (Wildman–Crippen MR) is 108 cm³/mol. The molecule has 1 unspecified atom stereocenters. The van der Waals surface area contributed by atoms with Gasteiger partial charge in [0.1, 0.15) is 0 Å². The zero-order chi connectivity index (χ0) is 17.8. The second-order valence-electron chi connectivity index (χ2n) is 7.37. The Morgan fingerprint density at radius 1 is 1.12 bits per heavy atom. The van der Waals surface area contributed by atoms with Gasteiger partial charge in [-0.25, -0.2) is 0 Å². The molecule has 1 atom stereocenters. The molecule has 136 valence electrons. The standard InChI is InChI=1S/C20H27IN2O2/c1-14-7-5-11-17(18(14)21)20(25)23-12-6-8-15(13-23)19(24)22-16-9-3-2-4-10-16/h5,7,11,15-16H,2-4,6,8-10,12-13H2,1H3,(H,22,24). The van der Waals surface area contributed by atoms with Crippen LogP contribution in [-0.4, -0.2) is 35.8 Å². The lowest BCUT2D eigenvalue weighted by Gasteiger charge is -2.33. The largest absolute Gasteiger partial charge is 0.353 e. The van der Waals surface area contributed by atoms with Crippen molar-refractivity contribution in [3.63, 3.8) is 0 Å². The van der Waals surface area contributed by atoms with Crippen molar-refractivity contribution in [1.29, 1.82) is 0 Å². The van der Waals surface area contributed by atoms with E-state index in [-0.39, 0.29) is 17.7 Å². The molecule has 1 saturated heterocycles. The molecule has 1 saturated carbocycles. The number of carbonyl (C=O) groups excluding carboxylic acids is 2. The summed E-state index contributed by atoms with van der Waals surface area (Å²) in [7, 11) is 0. The van der Waals surface area contributed by atoms with E-state index in [0.29, 0.717) is 12.6 Å². The lowest BCUT2D eigenvalue weighted by atomic mass is 9.92. The predicted octanol–water partition coefficient (Wildman–Crippen LogP) is 3.90. The number of amides is 2. The van der Waals surface area contributed by atoms with E-state index >= 15 is 0 Å². The molecule has 2 aliphatic rings.